The molecule has 0 aliphatic heterocycles. The van der Waals surface area contributed by atoms with Gasteiger partial charge in [0.25, 0.3) is 0 Å². The quantitative estimate of drug-likeness (QED) is 0.825. The normalized spacial score (nSPS) is 22.7. The first-order valence-corrected chi connectivity index (χ1v) is 5.75. The van der Waals surface area contributed by atoms with Crippen LogP contribution in [0.15, 0.2) is 18.2 Å². The molecule has 1 saturated carbocycles. The highest BCUT2D eigenvalue weighted by Crippen LogP contribution is 2.38. The van der Waals surface area contributed by atoms with Crippen molar-refractivity contribution in [2.24, 2.45) is 5.41 Å². The van der Waals surface area contributed by atoms with Gasteiger partial charge >= 0.3 is 0 Å². The van der Waals surface area contributed by atoms with Crippen LogP contribution in [0.25, 0.3) is 0 Å². The van der Waals surface area contributed by atoms with Gasteiger partial charge in [-0.1, -0.05) is 26.3 Å². The Kier molecular flexibility index (Phi) is 2.82. The maximum atomic E-state index is 8.79. The van der Waals surface area contributed by atoms with E-state index in [0.717, 1.165) is 5.82 Å². The predicted octanol–water partition coefficient (Wildman–Crippen LogP) is 2.94. The van der Waals surface area contributed by atoms with Crippen molar-refractivity contribution in [3.8, 4) is 6.07 Å². The molecule has 1 aromatic rings. The van der Waals surface area contributed by atoms with Crippen LogP contribution in [-0.2, 0) is 0 Å². The first kappa shape index (κ1) is 10.9. The Bertz CT molecular complexity index is 417. The van der Waals surface area contributed by atoms with Crippen molar-refractivity contribution in [1.82, 2.24) is 4.98 Å². The number of aromatic nitrogens is 1. The highest BCUT2D eigenvalue weighted by atomic mass is 15.0. The zero-order chi connectivity index (χ0) is 11.6. The van der Waals surface area contributed by atoms with Gasteiger partial charge in [-0.25, -0.2) is 4.98 Å². The second-order valence-corrected chi connectivity index (χ2v) is 5.10. The number of nitrogens with one attached hydrogen (secondary N) is 1. The van der Waals surface area contributed by atoms with E-state index >= 15 is 0 Å². The molecule has 0 bridgehead atoms. The molecular formula is C13H17N3. The first-order chi connectivity index (χ1) is 7.62. The number of nitriles is 1. The minimum absolute atomic E-state index is 0.324. The monoisotopic (exact) mass is 215 g/mol. The van der Waals surface area contributed by atoms with Gasteiger partial charge < -0.3 is 5.32 Å². The maximum Gasteiger partial charge on any atom is 0.142 e. The summed E-state index contributed by atoms with van der Waals surface area (Å²) in [6.07, 6.45) is 3.71. The topological polar surface area (TPSA) is 48.7 Å². The second kappa shape index (κ2) is 4.13. The molecule has 3 heteroatoms. The van der Waals surface area contributed by atoms with Gasteiger partial charge in [-0.3, -0.25) is 0 Å². The van der Waals surface area contributed by atoms with Crippen molar-refractivity contribution < 1.29 is 0 Å². The van der Waals surface area contributed by atoms with E-state index in [1.54, 1.807) is 6.07 Å². The van der Waals surface area contributed by atoms with E-state index in [2.05, 4.69) is 30.2 Å². The fraction of sp³-hybridized carbons (Fsp3) is 0.538. The minimum atomic E-state index is 0.324. The van der Waals surface area contributed by atoms with Gasteiger partial charge in [0.1, 0.15) is 17.6 Å². The zero-order valence-electron chi connectivity index (χ0n) is 9.83. The van der Waals surface area contributed by atoms with Crippen molar-refractivity contribution in [3.63, 3.8) is 0 Å². The van der Waals surface area contributed by atoms with Crippen LogP contribution < -0.4 is 5.32 Å². The molecule has 1 fully saturated rings. The summed E-state index contributed by atoms with van der Waals surface area (Å²) in [4.78, 5) is 4.25. The van der Waals surface area contributed by atoms with Crippen LogP contribution in [0.4, 0.5) is 5.82 Å². The summed E-state index contributed by atoms with van der Waals surface area (Å²) in [6.45, 7) is 4.57. The molecule has 1 N–H and O–H groups in total. The molecule has 16 heavy (non-hydrogen) atoms. The van der Waals surface area contributed by atoms with E-state index in [9.17, 15) is 0 Å². The molecule has 1 aromatic heterocycles. The van der Waals surface area contributed by atoms with Gasteiger partial charge in [0.15, 0.2) is 0 Å². The van der Waals surface area contributed by atoms with Crippen LogP contribution in [0, 0.1) is 16.7 Å². The number of nitrogens with zero attached hydrogens (tertiary/aromatic N) is 2. The van der Waals surface area contributed by atoms with E-state index in [-0.39, 0.29) is 0 Å². The summed E-state index contributed by atoms with van der Waals surface area (Å²) in [7, 11) is 0. The Morgan fingerprint density at radius 1 is 1.50 bits per heavy atom. The predicted molar refractivity (Wildman–Crippen MR) is 64.0 cm³/mol. The molecule has 0 aromatic carbocycles. The molecule has 0 spiro atoms. The van der Waals surface area contributed by atoms with Crippen molar-refractivity contribution in [2.75, 3.05) is 5.32 Å². The van der Waals surface area contributed by atoms with Gasteiger partial charge in [0.2, 0.25) is 0 Å². The highest BCUT2D eigenvalue weighted by Gasteiger charge is 2.34. The SMILES string of the molecule is CC1(C)CCCC1Nc1cccc(C#N)n1. The van der Waals surface area contributed by atoms with E-state index in [0.29, 0.717) is 17.2 Å². The van der Waals surface area contributed by atoms with Gasteiger partial charge in [-0.2, -0.15) is 5.26 Å². The van der Waals surface area contributed by atoms with Crippen LogP contribution in [0.1, 0.15) is 38.8 Å². The molecule has 1 unspecified atom stereocenters. The third kappa shape index (κ3) is 2.16. The highest BCUT2D eigenvalue weighted by molar-refractivity contribution is 5.40. The van der Waals surface area contributed by atoms with Crippen LogP contribution in [0.5, 0.6) is 0 Å². The van der Waals surface area contributed by atoms with Crippen LogP contribution in [0.3, 0.4) is 0 Å². The Morgan fingerprint density at radius 3 is 2.94 bits per heavy atom. The molecule has 3 nitrogen and oxygen atoms in total. The molecule has 1 aliphatic carbocycles. The lowest BCUT2D eigenvalue weighted by molar-refractivity contribution is 0.349. The molecule has 2 rings (SSSR count). The Hall–Kier alpha value is -1.56. The minimum Gasteiger partial charge on any atom is -0.367 e. The summed E-state index contributed by atoms with van der Waals surface area (Å²) >= 11 is 0. The molecule has 84 valence electrons. The lowest BCUT2D eigenvalue weighted by atomic mass is 9.87. The van der Waals surface area contributed by atoms with Crippen molar-refractivity contribution in [2.45, 2.75) is 39.2 Å². The zero-order valence-corrected chi connectivity index (χ0v) is 9.83. The largest absolute Gasteiger partial charge is 0.367 e. The Labute approximate surface area is 96.5 Å². The number of rotatable bonds is 2. The third-order valence-corrected chi connectivity index (χ3v) is 3.44. The van der Waals surface area contributed by atoms with E-state index in [1.807, 2.05) is 12.1 Å². The molecular weight excluding hydrogens is 198 g/mol. The summed E-state index contributed by atoms with van der Waals surface area (Å²) in [5.41, 5.74) is 0.797. The summed E-state index contributed by atoms with van der Waals surface area (Å²) < 4.78 is 0. The first-order valence-electron chi connectivity index (χ1n) is 5.75. The Morgan fingerprint density at radius 2 is 2.31 bits per heavy atom. The number of pyridine rings is 1. The van der Waals surface area contributed by atoms with E-state index < -0.39 is 0 Å². The van der Waals surface area contributed by atoms with Crippen LogP contribution in [-0.4, -0.2) is 11.0 Å². The van der Waals surface area contributed by atoms with Crippen LogP contribution in [0.2, 0.25) is 0 Å². The van der Waals surface area contributed by atoms with Crippen molar-refractivity contribution in [1.29, 1.82) is 5.26 Å². The average molecular weight is 215 g/mol. The fourth-order valence-corrected chi connectivity index (χ4v) is 2.35. The molecule has 0 radical (unpaired) electrons. The van der Waals surface area contributed by atoms with Gasteiger partial charge in [0, 0.05) is 6.04 Å². The van der Waals surface area contributed by atoms with Gasteiger partial charge in [-0.05, 0) is 30.4 Å². The molecule has 0 amide bonds. The van der Waals surface area contributed by atoms with Crippen LogP contribution >= 0.6 is 0 Å². The summed E-state index contributed by atoms with van der Waals surface area (Å²) in [6, 6.07) is 8.05. The molecule has 1 aliphatic rings. The Balaban J connectivity index is 2.12. The average Bonchev–Trinajstić information content (AvgIpc) is 2.59. The number of hydrogen-bond acceptors (Lipinski definition) is 3. The van der Waals surface area contributed by atoms with Gasteiger partial charge in [0.05, 0.1) is 0 Å². The third-order valence-electron chi connectivity index (χ3n) is 3.44. The maximum absolute atomic E-state index is 8.79. The number of hydrogen-bond donors (Lipinski definition) is 1. The molecule has 1 atom stereocenters. The summed E-state index contributed by atoms with van der Waals surface area (Å²) in [5, 5.41) is 12.2. The molecule has 0 saturated heterocycles. The second-order valence-electron chi connectivity index (χ2n) is 5.10. The molecule has 1 heterocycles. The van der Waals surface area contributed by atoms with Crippen molar-refractivity contribution >= 4 is 5.82 Å². The summed E-state index contributed by atoms with van der Waals surface area (Å²) in [5.74, 6) is 0.819. The lowest BCUT2D eigenvalue weighted by Gasteiger charge is -2.28. The number of anilines is 1. The standard InChI is InChI=1S/C13H17N3/c1-13(2)8-4-6-11(13)16-12-7-3-5-10(9-14)15-12/h3,5,7,11H,4,6,8H2,1-2H3,(H,15,16). The van der Waals surface area contributed by atoms with E-state index in [4.69, 9.17) is 5.26 Å². The lowest BCUT2D eigenvalue weighted by Crippen LogP contribution is -2.31. The smallest absolute Gasteiger partial charge is 0.142 e. The van der Waals surface area contributed by atoms with E-state index in [1.165, 1.54) is 19.3 Å². The van der Waals surface area contributed by atoms with Crippen molar-refractivity contribution in [3.05, 3.63) is 23.9 Å². The van der Waals surface area contributed by atoms with Gasteiger partial charge in [-0.15, -0.1) is 0 Å². The fourth-order valence-electron chi connectivity index (χ4n) is 2.35.